The molecule has 2 aromatic rings. The monoisotopic (exact) mass is 474 g/mol. The van der Waals surface area contributed by atoms with Gasteiger partial charge in [-0.3, -0.25) is 9.59 Å². The number of aliphatic hydroxyl groups excluding tert-OH is 3. The van der Waals surface area contributed by atoms with Crippen molar-refractivity contribution in [2.45, 2.75) is 64.3 Å². The van der Waals surface area contributed by atoms with Crippen LogP contribution in [0.5, 0.6) is 11.5 Å². The van der Waals surface area contributed by atoms with Crippen molar-refractivity contribution in [3.8, 4) is 11.5 Å². The van der Waals surface area contributed by atoms with Crippen LogP contribution in [0.1, 0.15) is 37.5 Å². The van der Waals surface area contributed by atoms with E-state index in [0.29, 0.717) is 12.0 Å². The first-order chi connectivity index (χ1) is 16.2. The third-order valence-corrected chi connectivity index (χ3v) is 5.49. The SMILES string of the molecule is CCc1ccc(Cc2ccc(OC(C)=O)cc2O[C@H]2O[C@H](COC(C)=O)[C@@H](O)[C@H](O)[C@H]2O)cc1. The Bertz CT molecular complexity index is 988. The van der Waals surface area contributed by atoms with Gasteiger partial charge in [-0.05, 0) is 29.2 Å². The van der Waals surface area contributed by atoms with Crippen molar-refractivity contribution in [3.63, 3.8) is 0 Å². The molecule has 9 nitrogen and oxygen atoms in total. The Labute approximate surface area is 197 Å². The number of aryl methyl sites for hydroxylation is 1. The lowest BCUT2D eigenvalue weighted by atomic mass is 9.99. The van der Waals surface area contributed by atoms with Gasteiger partial charge in [-0.1, -0.05) is 37.3 Å². The molecule has 0 aromatic heterocycles. The second-order valence-corrected chi connectivity index (χ2v) is 8.15. The predicted octanol–water partition coefficient (Wildman–Crippen LogP) is 1.51. The van der Waals surface area contributed by atoms with Crippen LogP contribution in [-0.2, 0) is 31.9 Å². The first kappa shape index (κ1) is 25.6. The summed E-state index contributed by atoms with van der Waals surface area (Å²) in [5, 5.41) is 31.0. The highest BCUT2D eigenvalue weighted by molar-refractivity contribution is 5.69. The number of benzene rings is 2. The van der Waals surface area contributed by atoms with Gasteiger partial charge >= 0.3 is 11.9 Å². The van der Waals surface area contributed by atoms with Crippen molar-refractivity contribution in [1.29, 1.82) is 0 Å². The van der Waals surface area contributed by atoms with Crippen LogP contribution in [-0.4, -0.2) is 64.6 Å². The van der Waals surface area contributed by atoms with E-state index in [1.807, 2.05) is 24.3 Å². The molecule has 0 bridgehead atoms. The first-order valence-corrected chi connectivity index (χ1v) is 11.1. The summed E-state index contributed by atoms with van der Waals surface area (Å²) in [6.45, 7) is 4.22. The number of hydrogen-bond acceptors (Lipinski definition) is 9. The standard InChI is InChI=1S/C25H30O9/c1-4-16-5-7-17(8-6-16)11-18-9-10-19(32-15(3)27)12-20(18)33-25-24(30)23(29)22(28)21(34-25)13-31-14(2)26/h5-10,12,21-25,28-30H,4,11,13H2,1-3H3/t21-,22-,23+,24-,25+/m1/s1. The highest BCUT2D eigenvalue weighted by Gasteiger charge is 2.45. The molecule has 0 radical (unpaired) electrons. The van der Waals surface area contributed by atoms with Gasteiger partial charge in [0.2, 0.25) is 6.29 Å². The van der Waals surface area contributed by atoms with Crippen LogP contribution in [0.3, 0.4) is 0 Å². The summed E-state index contributed by atoms with van der Waals surface area (Å²) in [6.07, 6.45) is -5.77. The number of carbonyl (C=O) groups is 2. The van der Waals surface area contributed by atoms with Gasteiger partial charge in [-0.25, -0.2) is 0 Å². The Balaban J connectivity index is 1.86. The maximum Gasteiger partial charge on any atom is 0.308 e. The average Bonchev–Trinajstić information content (AvgIpc) is 2.80. The topological polar surface area (TPSA) is 132 Å². The summed E-state index contributed by atoms with van der Waals surface area (Å²) in [7, 11) is 0. The quantitative estimate of drug-likeness (QED) is 0.385. The summed E-state index contributed by atoms with van der Waals surface area (Å²) < 4.78 is 21.6. The lowest BCUT2D eigenvalue weighted by Crippen LogP contribution is -2.60. The molecule has 0 unspecified atom stereocenters. The summed E-state index contributed by atoms with van der Waals surface area (Å²) >= 11 is 0. The molecule has 1 heterocycles. The number of rotatable bonds is 8. The minimum absolute atomic E-state index is 0.231. The minimum Gasteiger partial charge on any atom is -0.463 e. The highest BCUT2D eigenvalue weighted by Crippen LogP contribution is 2.31. The molecule has 3 N–H and O–H groups in total. The molecule has 5 atom stereocenters. The lowest BCUT2D eigenvalue weighted by molar-refractivity contribution is -0.278. The van der Waals surface area contributed by atoms with Crippen molar-refractivity contribution in [2.75, 3.05) is 6.61 Å². The van der Waals surface area contributed by atoms with Crippen LogP contribution < -0.4 is 9.47 Å². The second kappa shape index (κ2) is 11.4. The van der Waals surface area contributed by atoms with E-state index < -0.39 is 42.6 Å². The Morgan fingerprint density at radius 1 is 0.912 bits per heavy atom. The summed E-state index contributed by atoms with van der Waals surface area (Å²) in [5.41, 5.74) is 2.93. The van der Waals surface area contributed by atoms with Crippen LogP contribution in [0.25, 0.3) is 0 Å². The molecular formula is C25H30O9. The molecule has 1 fully saturated rings. The van der Waals surface area contributed by atoms with E-state index in [9.17, 15) is 24.9 Å². The Kier molecular flexibility index (Phi) is 8.62. The van der Waals surface area contributed by atoms with E-state index in [-0.39, 0.29) is 18.1 Å². The highest BCUT2D eigenvalue weighted by atomic mass is 16.7. The largest absolute Gasteiger partial charge is 0.463 e. The zero-order chi connectivity index (χ0) is 24.8. The third kappa shape index (κ3) is 6.54. The molecule has 2 aromatic carbocycles. The van der Waals surface area contributed by atoms with E-state index in [1.54, 1.807) is 12.1 Å². The molecular weight excluding hydrogens is 444 g/mol. The van der Waals surface area contributed by atoms with Crippen LogP contribution in [0.4, 0.5) is 0 Å². The maximum atomic E-state index is 11.4. The third-order valence-electron chi connectivity index (χ3n) is 5.49. The number of aliphatic hydroxyl groups is 3. The first-order valence-electron chi connectivity index (χ1n) is 11.1. The van der Waals surface area contributed by atoms with E-state index in [0.717, 1.165) is 12.0 Å². The van der Waals surface area contributed by atoms with Gasteiger partial charge in [0.1, 0.15) is 42.5 Å². The van der Waals surface area contributed by atoms with Gasteiger partial charge < -0.3 is 34.3 Å². The van der Waals surface area contributed by atoms with Crippen molar-refractivity contribution in [1.82, 2.24) is 0 Å². The number of esters is 2. The molecule has 34 heavy (non-hydrogen) atoms. The number of ether oxygens (including phenoxy) is 4. The van der Waals surface area contributed by atoms with Gasteiger partial charge in [-0.15, -0.1) is 0 Å². The molecule has 184 valence electrons. The Morgan fingerprint density at radius 2 is 1.59 bits per heavy atom. The molecule has 9 heteroatoms. The van der Waals surface area contributed by atoms with Crippen molar-refractivity contribution < 1.29 is 43.9 Å². The van der Waals surface area contributed by atoms with Gasteiger partial charge in [0, 0.05) is 26.3 Å². The normalized spacial score (nSPS) is 24.4. The molecule has 0 saturated carbocycles. The van der Waals surface area contributed by atoms with E-state index in [1.165, 1.54) is 25.5 Å². The smallest absolute Gasteiger partial charge is 0.308 e. The van der Waals surface area contributed by atoms with Gasteiger partial charge in [0.05, 0.1) is 0 Å². The van der Waals surface area contributed by atoms with E-state index >= 15 is 0 Å². The van der Waals surface area contributed by atoms with Crippen LogP contribution in [0, 0.1) is 0 Å². The summed E-state index contributed by atoms with van der Waals surface area (Å²) in [6, 6.07) is 12.9. The fourth-order valence-corrected chi connectivity index (χ4v) is 3.61. The molecule has 1 saturated heterocycles. The van der Waals surface area contributed by atoms with Crippen molar-refractivity contribution in [3.05, 3.63) is 59.2 Å². The molecule has 0 aliphatic carbocycles. The van der Waals surface area contributed by atoms with Gasteiger partial charge in [0.25, 0.3) is 0 Å². The fraction of sp³-hybridized carbons (Fsp3) is 0.440. The maximum absolute atomic E-state index is 11.4. The average molecular weight is 475 g/mol. The molecule has 1 aliphatic heterocycles. The molecule has 3 rings (SSSR count). The number of carbonyl (C=O) groups excluding carboxylic acids is 2. The van der Waals surface area contributed by atoms with Crippen LogP contribution >= 0.6 is 0 Å². The van der Waals surface area contributed by atoms with E-state index in [4.69, 9.17) is 18.9 Å². The minimum atomic E-state index is -1.60. The Hall–Kier alpha value is -2.98. The zero-order valence-corrected chi connectivity index (χ0v) is 19.3. The second-order valence-electron chi connectivity index (χ2n) is 8.15. The van der Waals surface area contributed by atoms with Crippen LogP contribution in [0.2, 0.25) is 0 Å². The Morgan fingerprint density at radius 3 is 2.21 bits per heavy atom. The van der Waals surface area contributed by atoms with Crippen molar-refractivity contribution >= 4 is 11.9 Å². The molecule has 1 aliphatic rings. The van der Waals surface area contributed by atoms with Crippen LogP contribution in [0.15, 0.2) is 42.5 Å². The predicted molar refractivity (Wildman–Crippen MR) is 120 cm³/mol. The summed E-state index contributed by atoms with van der Waals surface area (Å²) in [5.74, 6) is -0.603. The fourth-order valence-electron chi connectivity index (χ4n) is 3.61. The van der Waals surface area contributed by atoms with Gasteiger partial charge in [0.15, 0.2) is 0 Å². The number of hydrogen-bond donors (Lipinski definition) is 3. The lowest BCUT2D eigenvalue weighted by Gasteiger charge is -2.40. The zero-order valence-electron chi connectivity index (χ0n) is 19.3. The van der Waals surface area contributed by atoms with Crippen molar-refractivity contribution in [2.24, 2.45) is 0 Å². The van der Waals surface area contributed by atoms with E-state index in [2.05, 4.69) is 6.92 Å². The molecule has 0 spiro atoms. The van der Waals surface area contributed by atoms with Gasteiger partial charge in [-0.2, -0.15) is 0 Å². The summed E-state index contributed by atoms with van der Waals surface area (Å²) in [4.78, 5) is 22.6. The molecule has 0 amide bonds.